The molecule has 0 radical (unpaired) electrons. The minimum atomic E-state index is 0.560. The molecule has 18 heavy (non-hydrogen) atoms. The van der Waals surface area contributed by atoms with Crippen LogP contribution in [0.3, 0.4) is 0 Å². The first-order chi connectivity index (χ1) is 8.51. The third kappa shape index (κ3) is 3.49. The molecular weight excluding hydrogens is 222 g/mol. The standard InChI is InChI=1S/C16H27NO/c1-7-18-16-9-12(4)14(8-13(16)5)15(10-17-6)11(2)3/h8-9,11,15,17H,7,10H2,1-6H3. The van der Waals surface area contributed by atoms with Crippen LogP contribution in [0, 0.1) is 19.8 Å². The van der Waals surface area contributed by atoms with Gasteiger partial charge in [0, 0.05) is 6.54 Å². The van der Waals surface area contributed by atoms with Gasteiger partial charge in [0.25, 0.3) is 0 Å². The average Bonchev–Trinajstić information content (AvgIpc) is 2.31. The van der Waals surface area contributed by atoms with Crippen LogP contribution in [0.5, 0.6) is 5.75 Å². The van der Waals surface area contributed by atoms with E-state index in [1.165, 1.54) is 16.7 Å². The first kappa shape index (κ1) is 15.0. The number of likely N-dealkylation sites (N-methyl/N-ethyl adjacent to an activating group) is 1. The molecule has 0 aromatic heterocycles. The number of aryl methyl sites for hydroxylation is 2. The Morgan fingerprint density at radius 2 is 1.83 bits per heavy atom. The van der Waals surface area contributed by atoms with Crippen molar-refractivity contribution in [1.29, 1.82) is 0 Å². The van der Waals surface area contributed by atoms with Gasteiger partial charge in [0.15, 0.2) is 0 Å². The lowest BCUT2D eigenvalue weighted by Gasteiger charge is -2.24. The van der Waals surface area contributed by atoms with E-state index in [1.54, 1.807) is 0 Å². The summed E-state index contributed by atoms with van der Waals surface area (Å²) in [5.41, 5.74) is 4.01. The number of ether oxygens (including phenoxy) is 1. The number of nitrogens with one attached hydrogen (secondary N) is 1. The van der Waals surface area contributed by atoms with Crippen molar-refractivity contribution >= 4 is 0 Å². The maximum atomic E-state index is 5.66. The molecule has 2 heteroatoms. The van der Waals surface area contributed by atoms with Crippen LogP contribution in [0.15, 0.2) is 12.1 Å². The van der Waals surface area contributed by atoms with Crippen LogP contribution >= 0.6 is 0 Å². The quantitative estimate of drug-likeness (QED) is 0.830. The van der Waals surface area contributed by atoms with E-state index in [0.29, 0.717) is 11.8 Å². The molecule has 0 saturated carbocycles. The van der Waals surface area contributed by atoms with Gasteiger partial charge >= 0.3 is 0 Å². The van der Waals surface area contributed by atoms with Gasteiger partial charge in [-0.15, -0.1) is 0 Å². The lowest BCUT2D eigenvalue weighted by atomic mass is 9.85. The van der Waals surface area contributed by atoms with Gasteiger partial charge in [0.2, 0.25) is 0 Å². The molecule has 0 fully saturated rings. The Morgan fingerprint density at radius 3 is 2.33 bits per heavy atom. The van der Waals surface area contributed by atoms with Crippen LogP contribution in [0.25, 0.3) is 0 Å². The van der Waals surface area contributed by atoms with Gasteiger partial charge < -0.3 is 10.1 Å². The fraction of sp³-hybridized carbons (Fsp3) is 0.625. The average molecular weight is 249 g/mol. The van der Waals surface area contributed by atoms with E-state index >= 15 is 0 Å². The summed E-state index contributed by atoms with van der Waals surface area (Å²) >= 11 is 0. The van der Waals surface area contributed by atoms with Crippen molar-refractivity contribution in [3.05, 3.63) is 28.8 Å². The Morgan fingerprint density at radius 1 is 1.17 bits per heavy atom. The Labute approximate surface area is 112 Å². The van der Waals surface area contributed by atoms with Crippen LogP contribution in [0.1, 0.15) is 43.4 Å². The van der Waals surface area contributed by atoms with Crippen molar-refractivity contribution in [1.82, 2.24) is 5.32 Å². The molecule has 0 saturated heterocycles. The van der Waals surface area contributed by atoms with Gasteiger partial charge in [0.05, 0.1) is 6.61 Å². The lowest BCUT2D eigenvalue weighted by Crippen LogP contribution is -2.22. The van der Waals surface area contributed by atoms with Crippen LogP contribution in [0.2, 0.25) is 0 Å². The van der Waals surface area contributed by atoms with E-state index in [-0.39, 0.29) is 0 Å². The third-order valence-corrected chi connectivity index (χ3v) is 3.49. The molecule has 0 aliphatic carbocycles. The number of rotatable bonds is 6. The molecule has 0 aliphatic heterocycles. The van der Waals surface area contributed by atoms with Crippen molar-refractivity contribution in [2.75, 3.05) is 20.2 Å². The molecule has 102 valence electrons. The molecule has 0 spiro atoms. The highest BCUT2D eigenvalue weighted by atomic mass is 16.5. The zero-order valence-corrected chi connectivity index (χ0v) is 12.6. The lowest BCUT2D eigenvalue weighted by molar-refractivity contribution is 0.337. The summed E-state index contributed by atoms with van der Waals surface area (Å²) < 4.78 is 5.66. The number of hydrogen-bond donors (Lipinski definition) is 1. The van der Waals surface area contributed by atoms with Crippen LogP contribution < -0.4 is 10.1 Å². The summed E-state index contributed by atoms with van der Waals surface area (Å²) in [6.07, 6.45) is 0. The molecule has 1 aromatic carbocycles. The summed E-state index contributed by atoms with van der Waals surface area (Å²) in [6.45, 7) is 12.7. The van der Waals surface area contributed by atoms with E-state index in [1.807, 2.05) is 14.0 Å². The minimum Gasteiger partial charge on any atom is -0.494 e. The Balaban J connectivity index is 3.11. The van der Waals surface area contributed by atoms with E-state index in [2.05, 4.69) is 45.1 Å². The molecule has 1 atom stereocenters. The minimum absolute atomic E-state index is 0.560. The van der Waals surface area contributed by atoms with Gasteiger partial charge in [-0.1, -0.05) is 19.9 Å². The summed E-state index contributed by atoms with van der Waals surface area (Å²) in [7, 11) is 2.02. The first-order valence-corrected chi connectivity index (χ1v) is 6.89. The first-order valence-electron chi connectivity index (χ1n) is 6.89. The molecule has 0 heterocycles. The topological polar surface area (TPSA) is 21.3 Å². The fourth-order valence-electron chi connectivity index (χ4n) is 2.45. The summed E-state index contributed by atoms with van der Waals surface area (Å²) in [5, 5.41) is 3.30. The second-order valence-electron chi connectivity index (χ2n) is 5.32. The normalized spacial score (nSPS) is 12.8. The molecule has 2 nitrogen and oxygen atoms in total. The van der Waals surface area contributed by atoms with Gasteiger partial charge in [-0.05, 0) is 62.4 Å². The SMILES string of the molecule is CCOc1cc(C)c(C(CNC)C(C)C)cc1C. The van der Waals surface area contributed by atoms with Crippen molar-refractivity contribution in [2.24, 2.45) is 5.92 Å². The largest absolute Gasteiger partial charge is 0.494 e. The molecule has 0 bridgehead atoms. The predicted octanol–water partition coefficient (Wildman–Crippen LogP) is 3.66. The van der Waals surface area contributed by atoms with E-state index in [0.717, 1.165) is 18.9 Å². The van der Waals surface area contributed by atoms with Gasteiger partial charge in [-0.2, -0.15) is 0 Å². The van der Waals surface area contributed by atoms with Crippen molar-refractivity contribution < 1.29 is 4.74 Å². The van der Waals surface area contributed by atoms with Crippen molar-refractivity contribution in [3.8, 4) is 5.75 Å². The predicted molar refractivity (Wildman–Crippen MR) is 78.6 cm³/mol. The molecular formula is C16H27NO. The Kier molecular flexibility index (Phi) is 5.67. The highest BCUT2D eigenvalue weighted by Gasteiger charge is 2.18. The molecule has 0 aliphatic rings. The molecule has 1 aromatic rings. The van der Waals surface area contributed by atoms with Gasteiger partial charge in [-0.3, -0.25) is 0 Å². The van der Waals surface area contributed by atoms with Gasteiger partial charge in [-0.25, -0.2) is 0 Å². The summed E-state index contributed by atoms with van der Waals surface area (Å²) in [4.78, 5) is 0. The summed E-state index contributed by atoms with van der Waals surface area (Å²) in [5.74, 6) is 2.21. The van der Waals surface area contributed by atoms with Crippen molar-refractivity contribution in [2.45, 2.75) is 40.5 Å². The van der Waals surface area contributed by atoms with E-state index < -0.39 is 0 Å². The monoisotopic (exact) mass is 249 g/mol. The van der Waals surface area contributed by atoms with Crippen LogP contribution in [-0.2, 0) is 0 Å². The Bertz CT molecular complexity index is 385. The number of hydrogen-bond acceptors (Lipinski definition) is 2. The highest BCUT2D eigenvalue weighted by molar-refractivity contribution is 5.43. The fourth-order valence-corrected chi connectivity index (χ4v) is 2.45. The summed E-state index contributed by atoms with van der Waals surface area (Å²) in [6, 6.07) is 4.47. The maximum Gasteiger partial charge on any atom is 0.122 e. The molecule has 1 N–H and O–H groups in total. The molecule has 1 unspecified atom stereocenters. The second-order valence-corrected chi connectivity index (χ2v) is 5.32. The number of benzene rings is 1. The molecule has 1 rings (SSSR count). The zero-order valence-electron chi connectivity index (χ0n) is 12.6. The smallest absolute Gasteiger partial charge is 0.122 e. The second kappa shape index (κ2) is 6.79. The van der Waals surface area contributed by atoms with Crippen molar-refractivity contribution in [3.63, 3.8) is 0 Å². The Hall–Kier alpha value is -1.02. The zero-order chi connectivity index (χ0) is 13.7. The van der Waals surface area contributed by atoms with Crippen LogP contribution in [0.4, 0.5) is 0 Å². The van der Waals surface area contributed by atoms with E-state index in [4.69, 9.17) is 4.74 Å². The van der Waals surface area contributed by atoms with E-state index in [9.17, 15) is 0 Å². The third-order valence-electron chi connectivity index (χ3n) is 3.49. The van der Waals surface area contributed by atoms with Crippen LogP contribution in [-0.4, -0.2) is 20.2 Å². The maximum absolute atomic E-state index is 5.66. The molecule has 0 amide bonds. The van der Waals surface area contributed by atoms with Gasteiger partial charge in [0.1, 0.15) is 5.75 Å². The highest BCUT2D eigenvalue weighted by Crippen LogP contribution is 2.31.